The van der Waals surface area contributed by atoms with E-state index in [1.807, 2.05) is 6.07 Å². The third-order valence-electron chi connectivity index (χ3n) is 2.47. The van der Waals surface area contributed by atoms with Crippen molar-refractivity contribution in [2.24, 2.45) is 5.41 Å². The van der Waals surface area contributed by atoms with Crippen LogP contribution in [0, 0.1) is 12.3 Å². The summed E-state index contributed by atoms with van der Waals surface area (Å²) in [7, 11) is 0. The van der Waals surface area contributed by atoms with Crippen LogP contribution in [0.5, 0.6) is 0 Å². The minimum atomic E-state index is 0.221. The summed E-state index contributed by atoms with van der Waals surface area (Å²) in [5.41, 5.74) is 2.66. The van der Waals surface area contributed by atoms with Crippen LogP contribution in [0.25, 0.3) is 0 Å². The third-order valence-corrected chi connectivity index (χ3v) is 5.53. The topological polar surface area (TPSA) is 0 Å². The fraction of sp³-hybridized carbons (Fsp3) is 0.500. The molecule has 0 unspecified atom stereocenters. The summed E-state index contributed by atoms with van der Waals surface area (Å²) < 4.78 is 0. The van der Waals surface area contributed by atoms with Gasteiger partial charge in [-0.25, -0.2) is 0 Å². The van der Waals surface area contributed by atoms with Crippen molar-refractivity contribution in [3.63, 3.8) is 0 Å². The van der Waals surface area contributed by atoms with E-state index in [1.165, 1.54) is 11.1 Å². The predicted octanol–water partition coefficient (Wildman–Crippen LogP) is 4.99. The molecule has 0 bridgehead atoms. The Hall–Kier alpha value is 0.470. The zero-order valence-corrected chi connectivity index (χ0v) is 12.9. The molecule has 3 heteroatoms. The molecule has 1 rings (SSSR count). The summed E-state index contributed by atoms with van der Waals surface area (Å²) in [5.74, 6) is 0. The summed E-state index contributed by atoms with van der Waals surface area (Å²) in [5, 5.41) is 2.81. The minimum absolute atomic E-state index is 0.221. The van der Waals surface area contributed by atoms with Gasteiger partial charge >= 0.3 is 0 Å². The van der Waals surface area contributed by atoms with Crippen LogP contribution >= 0.6 is 43.5 Å². The van der Waals surface area contributed by atoms with Gasteiger partial charge in [0.05, 0.1) is 0 Å². The normalized spacial score (nSPS) is 11.8. The number of hydrogen-bond acceptors (Lipinski definition) is 0. The van der Waals surface area contributed by atoms with E-state index in [4.69, 9.17) is 11.6 Å². The molecular formula is C12H15Br2Cl. The van der Waals surface area contributed by atoms with Gasteiger partial charge in [0, 0.05) is 15.7 Å². The maximum absolute atomic E-state index is 6.22. The molecular weight excluding hydrogens is 339 g/mol. The van der Waals surface area contributed by atoms with Gasteiger partial charge in [0.2, 0.25) is 0 Å². The average molecular weight is 355 g/mol. The van der Waals surface area contributed by atoms with E-state index in [9.17, 15) is 0 Å². The van der Waals surface area contributed by atoms with E-state index in [0.717, 1.165) is 22.1 Å². The van der Waals surface area contributed by atoms with Crippen LogP contribution in [0.15, 0.2) is 18.2 Å². The first-order valence-electron chi connectivity index (χ1n) is 4.88. The standard InChI is InChI=1S/C12H15Br2Cl/c1-9-3-4-10(11(15)5-9)6-12(2,7-13)8-14/h3-5H,6-8H2,1-2H3. The van der Waals surface area contributed by atoms with Crippen molar-refractivity contribution in [1.82, 2.24) is 0 Å². The first-order valence-corrected chi connectivity index (χ1v) is 7.50. The number of halogens is 3. The van der Waals surface area contributed by atoms with Gasteiger partial charge in [-0.2, -0.15) is 0 Å². The smallest absolute Gasteiger partial charge is 0.0440 e. The van der Waals surface area contributed by atoms with Gasteiger partial charge in [-0.1, -0.05) is 62.5 Å². The second-order valence-corrected chi connectivity index (χ2v) is 5.88. The van der Waals surface area contributed by atoms with Crippen LogP contribution in [-0.2, 0) is 6.42 Å². The molecule has 0 saturated heterocycles. The van der Waals surface area contributed by atoms with Crippen LogP contribution in [0.1, 0.15) is 18.1 Å². The molecule has 0 saturated carbocycles. The molecule has 0 atom stereocenters. The minimum Gasteiger partial charge on any atom is -0.0922 e. The molecule has 1 aromatic carbocycles. The molecule has 0 heterocycles. The van der Waals surface area contributed by atoms with Crippen molar-refractivity contribution in [2.45, 2.75) is 20.3 Å². The number of rotatable bonds is 4. The Morgan fingerprint density at radius 1 is 1.27 bits per heavy atom. The number of benzene rings is 1. The average Bonchev–Trinajstić information content (AvgIpc) is 2.22. The maximum atomic E-state index is 6.22. The first-order chi connectivity index (χ1) is 7.00. The number of hydrogen-bond donors (Lipinski definition) is 0. The number of alkyl halides is 2. The Morgan fingerprint density at radius 3 is 2.33 bits per heavy atom. The first kappa shape index (κ1) is 13.5. The highest BCUT2D eigenvalue weighted by molar-refractivity contribution is 9.09. The molecule has 0 N–H and O–H groups in total. The van der Waals surface area contributed by atoms with Crippen molar-refractivity contribution in [3.05, 3.63) is 34.3 Å². The van der Waals surface area contributed by atoms with Gasteiger partial charge < -0.3 is 0 Å². The summed E-state index contributed by atoms with van der Waals surface area (Å²) in [6.45, 7) is 4.30. The zero-order valence-electron chi connectivity index (χ0n) is 8.99. The van der Waals surface area contributed by atoms with E-state index < -0.39 is 0 Å². The van der Waals surface area contributed by atoms with Gasteiger partial charge in [-0.3, -0.25) is 0 Å². The van der Waals surface area contributed by atoms with Crippen molar-refractivity contribution in [1.29, 1.82) is 0 Å². The van der Waals surface area contributed by atoms with Crippen LogP contribution < -0.4 is 0 Å². The zero-order chi connectivity index (χ0) is 11.5. The van der Waals surface area contributed by atoms with E-state index in [0.29, 0.717) is 0 Å². The van der Waals surface area contributed by atoms with Crippen LogP contribution in [0.2, 0.25) is 5.02 Å². The van der Waals surface area contributed by atoms with Crippen molar-refractivity contribution in [3.8, 4) is 0 Å². The molecule has 84 valence electrons. The van der Waals surface area contributed by atoms with Crippen molar-refractivity contribution < 1.29 is 0 Å². The lowest BCUT2D eigenvalue weighted by Gasteiger charge is -2.25. The highest BCUT2D eigenvalue weighted by Gasteiger charge is 2.22. The Morgan fingerprint density at radius 2 is 1.87 bits per heavy atom. The fourth-order valence-corrected chi connectivity index (χ4v) is 3.01. The van der Waals surface area contributed by atoms with E-state index in [2.05, 4.69) is 57.8 Å². The molecule has 0 aliphatic heterocycles. The highest BCUT2D eigenvalue weighted by atomic mass is 79.9. The van der Waals surface area contributed by atoms with E-state index in [-0.39, 0.29) is 5.41 Å². The summed E-state index contributed by atoms with van der Waals surface area (Å²) >= 11 is 13.3. The molecule has 0 spiro atoms. The van der Waals surface area contributed by atoms with Gasteiger partial charge in [0.25, 0.3) is 0 Å². The lowest BCUT2D eigenvalue weighted by Crippen LogP contribution is -2.23. The fourth-order valence-electron chi connectivity index (χ4n) is 1.39. The van der Waals surface area contributed by atoms with Crippen LogP contribution in [0.3, 0.4) is 0 Å². The number of aryl methyl sites for hydroxylation is 1. The Bertz CT molecular complexity index is 332. The molecule has 0 amide bonds. The second-order valence-electron chi connectivity index (χ2n) is 4.35. The molecule has 0 fully saturated rings. The molecule has 0 radical (unpaired) electrons. The third kappa shape index (κ3) is 3.76. The largest absolute Gasteiger partial charge is 0.0922 e. The summed E-state index contributed by atoms with van der Waals surface area (Å²) in [6, 6.07) is 6.27. The van der Waals surface area contributed by atoms with E-state index >= 15 is 0 Å². The molecule has 0 aromatic heterocycles. The van der Waals surface area contributed by atoms with Crippen molar-refractivity contribution >= 4 is 43.5 Å². The Balaban J connectivity index is 2.89. The molecule has 0 aliphatic carbocycles. The van der Waals surface area contributed by atoms with Crippen LogP contribution in [-0.4, -0.2) is 10.7 Å². The van der Waals surface area contributed by atoms with Gasteiger partial charge in [0.15, 0.2) is 0 Å². The molecule has 0 nitrogen and oxygen atoms in total. The predicted molar refractivity (Wildman–Crippen MR) is 75.6 cm³/mol. The van der Waals surface area contributed by atoms with E-state index in [1.54, 1.807) is 0 Å². The molecule has 0 aliphatic rings. The maximum Gasteiger partial charge on any atom is 0.0440 e. The highest BCUT2D eigenvalue weighted by Crippen LogP contribution is 2.30. The second kappa shape index (κ2) is 5.70. The van der Waals surface area contributed by atoms with Gasteiger partial charge in [0.1, 0.15) is 0 Å². The summed E-state index contributed by atoms with van der Waals surface area (Å²) in [6.07, 6.45) is 0.989. The quantitative estimate of drug-likeness (QED) is 0.669. The lowest BCUT2D eigenvalue weighted by molar-refractivity contribution is 0.439. The SMILES string of the molecule is Cc1ccc(CC(C)(CBr)CBr)c(Cl)c1. The summed E-state index contributed by atoms with van der Waals surface area (Å²) in [4.78, 5) is 0. The Labute approximate surface area is 114 Å². The molecule has 1 aromatic rings. The Kier molecular flexibility index (Phi) is 5.14. The lowest BCUT2D eigenvalue weighted by atomic mass is 9.88. The van der Waals surface area contributed by atoms with Crippen LogP contribution in [0.4, 0.5) is 0 Å². The van der Waals surface area contributed by atoms with Gasteiger partial charge in [-0.05, 0) is 36.0 Å². The molecule has 15 heavy (non-hydrogen) atoms. The van der Waals surface area contributed by atoms with Gasteiger partial charge in [-0.15, -0.1) is 0 Å². The monoisotopic (exact) mass is 352 g/mol. The van der Waals surface area contributed by atoms with Crippen molar-refractivity contribution in [2.75, 3.05) is 10.7 Å².